The van der Waals surface area contributed by atoms with Gasteiger partial charge in [0.25, 0.3) is 11.8 Å². The van der Waals surface area contributed by atoms with Crippen molar-refractivity contribution < 1.29 is 23.9 Å². The molecule has 1 N–H and O–H groups in total. The average molecular weight is 386 g/mol. The number of carbonyl (C=O) groups excluding carboxylic acids is 3. The number of likely N-dealkylation sites (N-methyl/N-ethyl adjacent to an activating group) is 1. The fourth-order valence-electron chi connectivity index (χ4n) is 2.95. The minimum absolute atomic E-state index is 0.0530. The Morgan fingerprint density at radius 2 is 1.86 bits per heavy atom. The van der Waals surface area contributed by atoms with E-state index in [0.717, 1.165) is 5.56 Å². The fourth-order valence-corrected chi connectivity index (χ4v) is 2.95. The van der Waals surface area contributed by atoms with Crippen molar-refractivity contribution in [1.29, 1.82) is 0 Å². The first-order chi connectivity index (χ1) is 13.3. The summed E-state index contributed by atoms with van der Waals surface area (Å²) in [7, 11) is 1.29. The number of hydrogen-bond donors (Lipinski definition) is 1. The molecule has 0 spiro atoms. The van der Waals surface area contributed by atoms with Crippen LogP contribution in [0.1, 0.15) is 33.3 Å². The van der Waals surface area contributed by atoms with Gasteiger partial charge >= 0.3 is 5.97 Å². The minimum Gasteiger partial charge on any atom is -0.484 e. The first-order valence-corrected chi connectivity index (χ1v) is 9.13. The average Bonchev–Trinajstić information content (AvgIpc) is 2.89. The molecule has 1 aliphatic rings. The standard InChI is InChI=1S/C21H26N2O5/c1-6-23-14(4)19(21(26)27-5)17(20(23)25)11-15-7-9-16(10-8-15)28-12-18(24)22-13(2)3/h7-11,13H,6,12H2,1-5H3,(H,22,24)/b17-11-. The lowest BCUT2D eigenvalue weighted by Crippen LogP contribution is -2.34. The Bertz CT molecular complexity index is 822. The molecule has 0 unspecified atom stereocenters. The molecule has 0 saturated heterocycles. The van der Waals surface area contributed by atoms with Gasteiger partial charge < -0.3 is 19.7 Å². The molecular weight excluding hydrogens is 360 g/mol. The molecule has 2 rings (SSSR count). The van der Waals surface area contributed by atoms with E-state index in [-0.39, 0.29) is 30.0 Å². The van der Waals surface area contributed by atoms with Crippen LogP contribution in [-0.4, -0.2) is 49.0 Å². The number of benzene rings is 1. The first kappa shape index (κ1) is 21.2. The summed E-state index contributed by atoms with van der Waals surface area (Å²) < 4.78 is 10.3. The summed E-state index contributed by atoms with van der Waals surface area (Å²) in [4.78, 5) is 38.0. The summed E-state index contributed by atoms with van der Waals surface area (Å²) in [5, 5.41) is 2.75. The van der Waals surface area contributed by atoms with Gasteiger partial charge in [0.05, 0.1) is 18.3 Å². The van der Waals surface area contributed by atoms with Gasteiger partial charge in [-0.15, -0.1) is 0 Å². The van der Waals surface area contributed by atoms with E-state index in [2.05, 4.69) is 5.32 Å². The Hall–Kier alpha value is -3.09. The zero-order valence-corrected chi connectivity index (χ0v) is 16.9. The Balaban J connectivity index is 2.19. The molecule has 0 aromatic heterocycles. The van der Waals surface area contributed by atoms with E-state index in [1.54, 1.807) is 42.2 Å². The van der Waals surface area contributed by atoms with E-state index in [1.165, 1.54) is 7.11 Å². The zero-order chi connectivity index (χ0) is 20.8. The van der Waals surface area contributed by atoms with E-state index in [1.807, 2.05) is 20.8 Å². The molecule has 1 heterocycles. The van der Waals surface area contributed by atoms with Crippen LogP contribution < -0.4 is 10.1 Å². The molecule has 2 amide bonds. The predicted molar refractivity (Wildman–Crippen MR) is 105 cm³/mol. The number of methoxy groups -OCH3 is 1. The number of ether oxygens (including phenoxy) is 2. The van der Waals surface area contributed by atoms with E-state index < -0.39 is 5.97 Å². The van der Waals surface area contributed by atoms with Gasteiger partial charge in [-0.3, -0.25) is 9.59 Å². The maximum absolute atomic E-state index is 12.7. The quantitative estimate of drug-likeness (QED) is 0.574. The van der Waals surface area contributed by atoms with Crippen LogP contribution in [0.25, 0.3) is 6.08 Å². The SMILES string of the molecule is CCN1C(=O)/C(=C\c2ccc(OCC(=O)NC(C)C)cc2)C(C(=O)OC)=C1C. The van der Waals surface area contributed by atoms with Gasteiger partial charge in [-0.1, -0.05) is 12.1 Å². The van der Waals surface area contributed by atoms with Crippen molar-refractivity contribution in [2.24, 2.45) is 0 Å². The molecule has 150 valence electrons. The second-order valence-corrected chi connectivity index (χ2v) is 6.64. The van der Waals surface area contributed by atoms with Crippen LogP contribution in [0.3, 0.4) is 0 Å². The third-order valence-electron chi connectivity index (χ3n) is 4.23. The summed E-state index contributed by atoms with van der Waals surface area (Å²) in [6, 6.07) is 6.99. The number of hydrogen-bond acceptors (Lipinski definition) is 5. The van der Waals surface area contributed by atoms with Gasteiger partial charge in [-0.05, 0) is 51.5 Å². The highest BCUT2D eigenvalue weighted by Crippen LogP contribution is 2.31. The highest BCUT2D eigenvalue weighted by atomic mass is 16.5. The maximum atomic E-state index is 12.7. The highest BCUT2D eigenvalue weighted by Gasteiger charge is 2.36. The zero-order valence-electron chi connectivity index (χ0n) is 16.9. The molecule has 0 aliphatic carbocycles. The van der Waals surface area contributed by atoms with Crippen LogP contribution in [0.5, 0.6) is 5.75 Å². The molecular formula is C21H26N2O5. The third kappa shape index (κ3) is 4.79. The van der Waals surface area contributed by atoms with E-state index in [9.17, 15) is 14.4 Å². The van der Waals surface area contributed by atoms with Crippen molar-refractivity contribution in [2.45, 2.75) is 33.7 Å². The number of nitrogens with one attached hydrogen (secondary N) is 1. The van der Waals surface area contributed by atoms with Crippen molar-refractivity contribution in [2.75, 3.05) is 20.3 Å². The summed E-state index contributed by atoms with van der Waals surface area (Å²) in [5.74, 6) is -0.426. The number of nitrogens with zero attached hydrogens (tertiary/aromatic N) is 1. The fraction of sp³-hybridized carbons (Fsp3) is 0.381. The van der Waals surface area contributed by atoms with Gasteiger partial charge in [-0.2, -0.15) is 0 Å². The Morgan fingerprint density at radius 1 is 1.21 bits per heavy atom. The maximum Gasteiger partial charge on any atom is 0.340 e. The van der Waals surface area contributed by atoms with Gasteiger partial charge in [0.1, 0.15) is 5.75 Å². The summed E-state index contributed by atoms with van der Waals surface area (Å²) in [5.41, 5.74) is 1.90. The van der Waals surface area contributed by atoms with Crippen LogP contribution in [-0.2, 0) is 19.1 Å². The smallest absolute Gasteiger partial charge is 0.340 e. The molecule has 0 radical (unpaired) electrons. The Labute approximate surface area is 165 Å². The number of rotatable bonds is 7. The lowest BCUT2D eigenvalue weighted by Gasteiger charge is -2.14. The lowest BCUT2D eigenvalue weighted by atomic mass is 10.0. The Morgan fingerprint density at radius 3 is 2.39 bits per heavy atom. The molecule has 1 aromatic rings. The van der Waals surface area contributed by atoms with Crippen molar-refractivity contribution >= 4 is 23.9 Å². The highest BCUT2D eigenvalue weighted by molar-refractivity contribution is 6.16. The lowest BCUT2D eigenvalue weighted by molar-refractivity contribution is -0.136. The van der Waals surface area contributed by atoms with Crippen LogP contribution in [0.2, 0.25) is 0 Å². The normalized spacial score (nSPS) is 15.4. The largest absolute Gasteiger partial charge is 0.484 e. The van der Waals surface area contributed by atoms with Gasteiger partial charge in [0.15, 0.2) is 6.61 Å². The van der Waals surface area contributed by atoms with Crippen molar-refractivity contribution in [1.82, 2.24) is 10.2 Å². The molecule has 28 heavy (non-hydrogen) atoms. The molecule has 1 aromatic carbocycles. The van der Waals surface area contributed by atoms with Gasteiger partial charge in [0, 0.05) is 18.3 Å². The molecule has 0 saturated carbocycles. The summed E-state index contributed by atoms with van der Waals surface area (Å²) >= 11 is 0. The summed E-state index contributed by atoms with van der Waals surface area (Å²) in [6.07, 6.45) is 1.66. The minimum atomic E-state index is -0.538. The van der Waals surface area contributed by atoms with Crippen molar-refractivity contribution in [3.8, 4) is 5.75 Å². The van der Waals surface area contributed by atoms with E-state index in [4.69, 9.17) is 9.47 Å². The molecule has 0 bridgehead atoms. The van der Waals surface area contributed by atoms with Crippen molar-refractivity contribution in [3.05, 3.63) is 46.7 Å². The predicted octanol–water partition coefficient (Wildman–Crippen LogP) is 2.28. The summed E-state index contributed by atoms with van der Waals surface area (Å²) in [6.45, 7) is 7.73. The topological polar surface area (TPSA) is 84.9 Å². The molecule has 1 aliphatic heterocycles. The van der Waals surface area contributed by atoms with E-state index >= 15 is 0 Å². The molecule has 0 atom stereocenters. The second-order valence-electron chi connectivity index (χ2n) is 6.64. The Kier molecular flexibility index (Phi) is 6.98. The number of allylic oxidation sites excluding steroid dienone is 1. The van der Waals surface area contributed by atoms with Crippen LogP contribution in [0.15, 0.2) is 41.1 Å². The van der Waals surface area contributed by atoms with Gasteiger partial charge in [0.2, 0.25) is 0 Å². The van der Waals surface area contributed by atoms with Gasteiger partial charge in [-0.25, -0.2) is 4.79 Å². The van der Waals surface area contributed by atoms with E-state index in [0.29, 0.717) is 23.6 Å². The third-order valence-corrected chi connectivity index (χ3v) is 4.23. The second kappa shape index (κ2) is 9.21. The van der Waals surface area contributed by atoms with Crippen LogP contribution >= 0.6 is 0 Å². The molecule has 0 fully saturated rings. The van der Waals surface area contributed by atoms with Crippen molar-refractivity contribution in [3.63, 3.8) is 0 Å². The number of esters is 1. The first-order valence-electron chi connectivity index (χ1n) is 9.13. The molecule has 7 heteroatoms. The van der Waals surface area contributed by atoms with Crippen LogP contribution in [0, 0.1) is 0 Å². The van der Waals surface area contributed by atoms with Crippen LogP contribution in [0.4, 0.5) is 0 Å². The number of carbonyl (C=O) groups is 3. The molecule has 7 nitrogen and oxygen atoms in total. The monoisotopic (exact) mass is 386 g/mol. The number of amides is 2.